The molecule has 0 radical (unpaired) electrons. The molecule has 0 N–H and O–H groups in total. The number of carbonyl (C=O) groups is 1. The summed E-state index contributed by atoms with van der Waals surface area (Å²) in [6, 6.07) is 0. The number of carbonyl (C=O) groups excluding carboxylic acids is 1. The molecule has 1 aliphatic heterocycles. The van der Waals surface area contributed by atoms with E-state index in [1.165, 1.54) is 44.9 Å². The van der Waals surface area contributed by atoms with Crippen molar-refractivity contribution in [2.24, 2.45) is 35.0 Å². The maximum atomic E-state index is 12.0. The highest BCUT2D eigenvalue weighted by atomic mass is 16.6. The van der Waals surface area contributed by atoms with Gasteiger partial charge in [-0.1, -0.05) is 13.3 Å². The number of hydrogen-bond acceptors (Lipinski definition) is 2. The Bertz CT molecular complexity index is 458. The number of Topliss-reactive ketones (excluding diaryl/α,β-unsaturated/α-hetero) is 1. The monoisotopic (exact) mass is 274 g/mol. The first-order valence-corrected chi connectivity index (χ1v) is 8.85. The summed E-state index contributed by atoms with van der Waals surface area (Å²) in [4.78, 5) is 12.0. The summed E-state index contributed by atoms with van der Waals surface area (Å²) >= 11 is 0. The third-order valence-electron chi connectivity index (χ3n) is 7.87. The van der Waals surface area contributed by atoms with Crippen molar-refractivity contribution in [2.75, 3.05) is 0 Å². The third-order valence-corrected chi connectivity index (χ3v) is 7.87. The second-order valence-electron chi connectivity index (χ2n) is 8.63. The largest absolute Gasteiger partial charge is 0.361 e. The van der Waals surface area contributed by atoms with Gasteiger partial charge in [-0.25, -0.2) is 0 Å². The molecule has 1 heterocycles. The molecule has 4 saturated carbocycles. The van der Waals surface area contributed by atoms with Crippen LogP contribution in [-0.4, -0.2) is 18.0 Å². The standard InChI is InChI=1S/C18H26O2/c1-18-7-2-3-13(18)11-5-4-10-9-14(19)16-17(20-16)15(10)12(11)6-8-18/h10-13,15-17H,2-9H2,1H3/t10?,11-,12+,13+,15+,16?,17?,18+/m1/s1. The predicted molar refractivity (Wildman–Crippen MR) is 76.2 cm³/mol. The molecule has 2 nitrogen and oxygen atoms in total. The molecule has 0 aromatic rings. The molecule has 0 spiro atoms. The minimum absolute atomic E-state index is 0.0203. The average Bonchev–Trinajstić information content (AvgIpc) is 3.14. The Morgan fingerprint density at radius 3 is 2.90 bits per heavy atom. The van der Waals surface area contributed by atoms with Crippen LogP contribution >= 0.6 is 0 Å². The highest BCUT2D eigenvalue weighted by molar-refractivity contribution is 5.87. The molecule has 4 aliphatic carbocycles. The van der Waals surface area contributed by atoms with E-state index in [0.717, 1.165) is 30.1 Å². The van der Waals surface area contributed by atoms with Crippen LogP contribution in [-0.2, 0) is 9.53 Å². The van der Waals surface area contributed by atoms with Crippen LogP contribution in [0.4, 0.5) is 0 Å². The van der Waals surface area contributed by atoms with Gasteiger partial charge < -0.3 is 4.74 Å². The summed E-state index contributed by atoms with van der Waals surface area (Å²) in [6.07, 6.45) is 11.1. The van der Waals surface area contributed by atoms with Crippen molar-refractivity contribution in [1.29, 1.82) is 0 Å². The van der Waals surface area contributed by atoms with Crippen molar-refractivity contribution < 1.29 is 9.53 Å². The van der Waals surface area contributed by atoms with Crippen molar-refractivity contribution in [3.8, 4) is 0 Å². The third kappa shape index (κ3) is 1.47. The summed E-state index contributed by atoms with van der Waals surface area (Å²) in [5, 5.41) is 0. The fraction of sp³-hybridized carbons (Fsp3) is 0.944. The van der Waals surface area contributed by atoms with E-state index < -0.39 is 0 Å². The predicted octanol–water partition coefficient (Wildman–Crippen LogP) is 3.59. The van der Waals surface area contributed by atoms with Crippen LogP contribution in [0.3, 0.4) is 0 Å². The van der Waals surface area contributed by atoms with Crippen LogP contribution < -0.4 is 0 Å². The second kappa shape index (κ2) is 3.88. The first kappa shape index (κ1) is 12.2. The molecule has 0 amide bonds. The van der Waals surface area contributed by atoms with E-state index in [1.807, 2.05) is 0 Å². The van der Waals surface area contributed by atoms with Gasteiger partial charge in [-0.05, 0) is 73.5 Å². The second-order valence-corrected chi connectivity index (χ2v) is 8.63. The van der Waals surface area contributed by atoms with Gasteiger partial charge >= 0.3 is 0 Å². The molecule has 5 rings (SSSR count). The topological polar surface area (TPSA) is 29.6 Å². The summed E-state index contributed by atoms with van der Waals surface area (Å²) in [5.41, 5.74) is 0.655. The lowest BCUT2D eigenvalue weighted by Crippen LogP contribution is -2.49. The van der Waals surface area contributed by atoms with Gasteiger partial charge in [0.05, 0.1) is 6.10 Å². The van der Waals surface area contributed by atoms with Crippen molar-refractivity contribution in [1.82, 2.24) is 0 Å². The number of ketones is 1. The molecule has 110 valence electrons. The van der Waals surface area contributed by atoms with Crippen LogP contribution in [0.1, 0.15) is 58.3 Å². The molecule has 5 fully saturated rings. The number of epoxide rings is 1. The van der Waals surface area contributed by atoms with Crippen LogP contribution in [0.15, 0.2) is 0 Å². The van der Waals surface area contributed by atoms with Crippen LogP contribution in [0, 0.1) is 35.0 Å². The average molecular weight is 274 g/mol. The Morgan fingerprint density at radius 1 is 1.10 bits per heavy atom. The quantitative estimate of drug-likeness (QED) is 0.632. The van der Waals surface area contributed by atoms with Gasteiger partial charge in [-0.2, -0.15) is 0 Å². The van der Waals surface area contributed by atoms with E-state index in [9.17, 15) is 4.79 Å². The Labute approximate surface area is 121 Å². The van der Waals surface area contributed by atoms with Gasteiger partial charge in [0.25, 0.3) is 0 Å². The molecule has 1 saturated heterocycles. The first-order valence-electron chi connectivity index (χ1n) is 8.85. The fourth-order valence-electron chi connectivity index (χ4n) is 6.95. The summed E-state index contributed by atoms with van der Waals surface area (Å²) in [6.45, 7) is 2.56. The molecule has 0 bridgehead atoms. The smallest absolute Gasteiger partial charge is 0.164 e. The minimum Gasteiger partial charge on any atom is -0.361 e. The van der Waals surface area contributed by atoms with Crippen molar-refractivity contribution >= 4 is 5.78 Å². The molecule has 0 aromatic carbocycles. The molecule has 2 heteroatoms. The van der Waals surface area contributed by atoms with Gasteiger partial charge in [-0.15, -0.1) is 0 Å². The number of fused-ring (bicyclic) bond motifs is 7. The maximum Gasteiger partial charge on any atom is 0.164 e. The molecule has 0 aromatic heterocycles. The Morgan fingerprint density at radius 2 is 2.00 bits per heavy atom. The molecule has 3 unspecified atom stereocenters. The Hall–Kier alpha value is -0.370. The highest BCUT2D eigenvalue weighted by Gasteiger charge is 2.62. The van der Waals surface area contributed by atoms with Gasteiger partial charge in [-0.3, -0.25) is 4.79 Å². The molecule has 5 aliphatic rings. The Kier molecular flexibility index (Phi) is 2.37. The maximum absolute atomic E-state index is 12.0. The van der Waals surface area contributed by atoms with Crippen LogP contribution in [0.5, 0.6) is 0 Å². The molecular formula is C18H26O2. The zero-order valence-electron chi connectivity index (χ0n) is 12.5. The zero-order chi connectivity index (χ0) is 13.5. The van der Waals surface area contributed by atoms with Gasteiger partial charge in [0.15, 0.2) is 5.78 Å². The van der Waals surface area contributed by atoms with Crippen molar-refractivity contribution in [2.45, 2.75) is 70.5 Å². The lowest BCUT2D eigenvalue weighted by atomic mass is 9.50. The van der Waals surface area contributed by atoms with E-state index in [1.54, 1.807) is 0 Å². The number of rotatable bonds is 0. The van der Waals surface area contributed by atoms with Gasteiger partial charge in [0, 0.05) is 6.42 Å². The van der Waals surface area contributed by atoms with Crippen molar-refractivity contribution in [3.63, 3.8) is 0 Å². The normalized spacial score (nSPS) is 60.2. The van der Waals surface area contributed by atoms with Crippen molar-refractivity contribution in [3.05, 3.63) is 0 Å². The molecular weight excluding hydrogens is 248 g/mol. The summed E-state index contributed by atoms with van der Waals surface area (Å²) in [5.74, 6) is 4.64. The summed E-state index contributed by atoms with van der Waals surface area (Å²) in [7, 11) is 0. The van der Waals surface area contributed by atoms with E-state index in [4.69, 9.17) is 4.74 Å². The lowest BCUT2D eigenvalue weighted by Gasteiger charge is -2.54. The molecule has 20 heavy (non-hydrogen) atoms. The first-order chi connectivity index (χ1) is 9.67. The van der Waals surface area contributed by atoms with E-state index in [2.05, 4.69) is 6.92 Å². The van der Waals surface area contributed by atoms with E-state index in [-0.39, 0.29) is 6.10 Å². The van der Waals surface area contributed by atoms with Crippen LogP contribution in [0.2, 0.25) is 0 Å². The lowest BCUT2D eigenvalue weighted by molar-refractivity contribution is -0.124. The summed E-state index contributed by atoms with van der Waals surface area (Å²) < 4.78 is 5.80. The minimum atomic E-state index is 0.0203. The Balaban J connectivity index is 1.45. The van der Waals surface area contributed by atoms with Gasteiger partial charge in [0.1, 0.15) is 6.10 Å². The van der Waals surface area contributed by atoms with E-state index >= 15 is 0 Å². The fourth-order valence-corrected chi connectivity index (χ4v) is 6.95. The van der Waals surface area contributed by atoms with Gasteiger partial charge in [0.2, 0.25) is 0 Å². The zero-order valence-corrected chi connectivity index (χ0v) is 12.5. The molecule has 8 atom stereocenters. The SMILES string of the molecule is C[C@@]12CCC[C@H]1[C@@H]1CCC3CC(=O)C4OC4[C@@H]3[C@H]1CC2. The van der Waals surface area contributed by atoms with Crippen LogP contribution in [0.25, 0.3) is 0 Å². The highest BCUT2D eigenvalue weighted by Crippen LogP contribution is 2.63. The van der Waals surface area contributed by atoms with E-state index in [0.29, 0.717) is 23.2 Å². The number of ether oxygens (including phenoxy) is 1. The number of hydrogen-bond donors (Lipinski definition) is 0.